The summed E-state index contributed by atoms with van der Waals surface area (Å²) in [6.45, 7) is 4.91. The molecule has 1 atom stereocenters. The molecule has 27 heavy (non-hydrogen) atoms. The number of nitrogens with zero attached hydrogens (tertiary/aromatic N) is 1. The maximum absolute atomic E-state index is 12.5. The van der Waals surface area contributed by atoms with Crippen molar-refractivity contribution in [2.75, 3.05) is 11.0 Å². The van der Waals surface area contributed by atoms with Crippen molar-refractivity contribution >= 4 is 39.1 Å². The molecule has 0 aliphatic carbocycles. The number of rotatable bonds is 6. The van der Waals surface area contributed by atoms with Gasteiger partial charge in [0.2, 0.25) is 15.8 Å². The molecule has 1 aromatic carbocycles. The number of carbonyl (C=O) groups is 2. The van der Waals surface area contributed by atoms with Gasteiger partial charge in [0, 0.05) is 16.9 Å². The maximum atomic E-state index is 12.5. The number of pyridine rings is 1. The molecule has 0 bridgehead atoms. The molecule has 1 heterocycles. The van der Waals surface area contributed by atoms with Gasteiger partial charge in [0.1, 0.15) is 5.15 Å². The van der Waals surface area contributed by atoms with Gasteiger partial charge in [-0.2, -0.15) is 0 Å². The first-order valence-electron chi connectivity index (χ1n) is 7.94. The van der Waals surface area contributed by atoms with Gasteiger partial charge in [-0.05, 0) is 56.7 Å². The fraction of sp³-hybridized carbons (Fsp3) is 0.278. The van der Waals surface area contributed by atoms with Crippen molar-refractivity contribution in [3.05, 3.63) is 57.9 Å². The second kappa shape index (κ2) is 8.06. The molecule has 0 saturated heterocycles. The first kappa shape index (κ1) is 20.9. The number of aryl methyl sites for hydroxylation is 2. The largest absolute Gasteiger partial charge is 0.451 e. The summed E-state index contributed by atoms with van der Waals surface area (Å²) in [7, 11) is -3.41. The fourth-order valence-corrected chi connectivity index (χ4v) is 3.38. The number of halogens is 1. The SMILES string of the molecule is Cc1cc(C)c(C(=O)O[C@@H](C)C(=O)c2ccc(NS(C)(=O)=O)cc2)c(Cl)n1. The van der Waals surface area contributed by atoms with Crippen LogP contribution in [0.3, 0.4) is 0 Å². The number of hydrogen-bond acceptors (Lipinski definition) is 6. The Kier molecular flexibility index (Phi) is 6.22. The molecule has 9 heteroatoms. The van der Waals surface area contributed by atoms with Crippen molar-refractivity contribution in [2.45, 2.75) is 26.9 Å². The quantitative estimate of drug-likeness (QED) is 0.445. The number of carbonyl (C=O) groups excluding carboxylic acids is 2. The van der Waals surface area contributed by atoms with E-state index in [1.54, 1.807) is 19.9 Å². The molecular formula is C18H19ClN2O5S. The summed E-state index contributed by atoms with van der Waals surface area (Å²) in [5.74, 6) is -1.16. The molecule has 2 rings (SSSR count). The lowest BCUT2D eigenvalue weighted by molar-refractivity contribution is 0.0318. The monoisotopic (exact) mass is 410 g/mol. The standard InChI is InChI=1S/C18H19ClN2O5S/c1-10-9-11(2)20-17(19)15(10)18(23)26-12(3)16(22)13-5-7-14(8-6-13)21-27(4,24)25/h5-9,12,21H,1-4H3/t12-/m0/s1. The molecule has 0 radical (unpaired) electrons. The van der Waals surface area contributed by atoms with E-state index in [0.717, 1.165) is 6.26 Å². The minimum Gasteiger partial charge on any atom is -0.451 e. The van der Waals surface area contributed by atoms with Crippen LogP contribution in [0.15, 0.2) is 30.3 Å². The van der Waals surface area contributed by atoms with E-state index >= 15 is 0 Å². The van der Waals surface area contributed by atoms with Crippen LogP contribution in [0.2, 0.25) is 5.15 Å². The highest BCUT2D eigenvalue weighted by Crippen LogP contribution is 2.21. The third-order valence-corrected chi connectivity index (χ3v) is 4.51. The first-order chi connectivity index (χ1) is 12.5. The zero-order valence-corrected chi connectivity index (χ0v) is 16.8. The van der Waals surface area contributed by atoms with Gasteiger partial charge in [-0.3, -0.25) is 9.52 Å². The van der Waals surface area contributed by atoms with Crippen LogP contribution in [0.25, 0.3) is 0 Å². The zero-order chi connectivity index (χ0) is 20.4. The smallest absolute Gasteiger partial charge is 0.342 e. The number of ketones is 1. The van der Waals surface area contributed by atoms with Crippen LogP contribution in [0.4, 0.5) is 5.69 Å². The van der Waals surface area contributed by atoms with Crippen LogP contribution < -0.4 is 4.72 Å². The molecule has 0 fully saturated rings. The highest BCUT2D eigenvalue weighted by Gasteiger charge is 2.24. The molecule has 0 spiro atoms. The fourth-order valence-electron chi connectivity index (χ4n) is 2.46. The maximum Gasteiger partial charge on any atom is 0.342 e. The summed E-state index contributed by atoms with van der Waals surface area (Å²) in [6.07, 6.45) is -0.0244. The molecular weight excluding hydrogens is 392 g/mol. The number of sulfonamides is 1. The van der Waals surface area contributed by atoms with E-state index in [9.17, 15) is 18.0 Å². The van der Waals surface area contributed by atoms with E-state index in [2.05, 4.69) is 9.71 Å². The summed E-state index contributed by atoms with van der Waals surface area (Å²) in [6, 6.07) is 7.50. The lowest BCUT2D eigenvalue weighted by Gasteiger charge is -2.14. The Labute approximate surface area is 162 Å². The van der Waals surface area contributed by atoms with E-state index in [4.69, 9.17) is 16.3 Å². The third-order valence-electron chi connectivity index (χ3n) is 3.63. The average Bonchev–Trinajstić information content (AvgIpc) is 2.52. The number of esters is 1. The number of benzene rings is 1. The Hall–Kier alpha value is -2.45. The van der Waals surface area contributed by atoms with Crippen LogP contribution in [0, 0.1) is 13.8 Å². The van der Waals surface area contributed by atoms with E-state index in [-0.39, 0.29) is 16.3 Å². The van der Waals surface area contributed by atoms with Gasteiger partial charge in [-0.1, -0.05) is 11.6 Å². The molecule has 144 valence electrons. The molecule has 2 aromatic rings. The number of Topliss-reactive ketones (excluding diaryl/α,β-unsaturated/α-hetero) is 1. The third kappa shape index (κ3) is 5.51. The van der Waals surface area contributed by atoms with Crippen molar-refractivity contribution in [2.24, 2.45) is 0 Å². The van der Waals surface area contributed by atoms with Crippen LogP contribution in [-0.4, -0.2) is 37.5 Å². The van der Waals surface area contributed by atoms with Gasteiger partial charge in [-0.25, -0.2) is 18.2 Å². The molecule has 0 saturated carbocycles. The van der Waals surface area contributed by atoms with Gasteiger partial charge in [0.15, 0.2) is 6.10 Å². The number of ether oxygens (including phenoxy) is 1. The lowest BCUT2D eigenvalue weighted by Crippen LogP contribution is -2.25. The summed E-state index contributed by atoms with van der Waals surface area (Å²) >= 11 is 6.03. The van der Waals surface area contributed by atoms with Crippen molar-refractivity contribution in [1.29, 1.82) is 0 Å². The molecule has 0 aliphatic heterocycles. The summed E-state index contributed by atoms with van der Waals surface area (Å²) in [5, 5.41) is 0.0216. The molecule has 0 unspecified atom stereocenters. The van der Waals surface area contributed by atoms with Crippen molar-refractivity contribution < 1.29 is 22.7 Å². The normalized spacial score (nSPS) is 12.3. The Bertz CT molecular complexity index is 964. The second-order valence-corrected chi connectivity index (χ2v) is 8.22. The minimum atomic E-state index is -3.41. The minimum absolute atomic E-state index is 0.0216. The van der Waals surface area contributed by atoms with Crippen LogP contribution >= 0.6 is 11.6 Å². The topological polar surface area (TPSA) is 102 Å². The van der Waals surface area contributed by atoms with Gasteiger partial charge in [0.25, 0.3) is 0 Å². The van der Waals surface area contributed by atoms with E-state index in [1.807, 2.05) is 0 Å². The van der Waals surface area contributed by atoms with Gasteiger partial charge < -0.3 is 4.74 Å². The number of aromatic nitrogens is 1. The Balaban J connectivity index is 2.13. The predicted octanol–water partition coefficient (Wildman–Crippen LogP) is 3.15. The molecule has 0 aliphatic rings. The summed E-state index contributed by atoms with van der Waals surface area (Å²) < 4.78 is 30.0. The first-order valence-corrected chi connectivity index (χ1v) is 10.2. The highest BCUT2D eigenvalue weighted by atomic mass is 35.5. The molecule has 1 aromatic heterocycles. The van der Waals surface area contributed by atoms with Crippen molar-refractivity contribution in [3.63, 3.8) is 0 Å². The van der Waals surface area contributed by atoms with Crippen LogP contribution in [0.1, 0.15) is 38.9 Å². The molecule has 0 amide bonds. The van der Waals surface area contributed by atoms with Gasteiger partial charge >= 0.3 is 5.97 Å². The molecule has 7 nitrogen and oxygen atoms in total. The predicted molar refractivity (Wildman–Crippen MR) is 103 cm³/mol. The number of hydrogen-bond donors (Lipinski definition) is 1. The summed E-state index contributed by atoms with van der Waals surface area (Å²) in [5.41, 5.74) is 2.00. The van der Waals surface area contributed by atoms with E-state index in [1.165, 1.54) is 31.2 Å². The zero-order valence-electron chi connectivity index (χ0n) is 15.2. The Morgan fingerprint density at radius 2 is 1.78 bits per heavy atom. The lowest BCUT2D eigenvalue weighted by atomic mass is 10.1. The summed E-state index contributed by atoms with van der Waals surface area (Å²) in [4.78, 5) is 28.9. The van der Waals surface area contributed by atoms with E-state index < -0.39 is 27.9 Å². The van der Waals surface area contributed by atoms with Gasteiger partial charge in [0.05, 0.1) is 11.8 Å². The Morgan fingerprint density at radius 1 is 1.19 bits per heavy atom. The van der Waals surface area contributed by atoms with Crippen LogP contribution in [0.5, 0.6) is 0 Å². The molecule has 1 N–H and O–H groups in total. The number of anilines is 1. The highest BCUT2D eigenvalue weighted by molar-refractivity contribution is 7.92. The number of nitrogens with one attached hydrogen (secondary N) is 1. The Morgan fingerprint density at radius 3 is 2.30 bits per heavy atom. The second-order valence-electron chi connectivity index (χ2n) is 6.11. The van der Waals surface area contributed by atoms with Gasteiger partial charge in [-0.15, -0.1) is 0 Å². The van der Waals surface area contributed by atoms with Crippen molar-refractivity contribution in [3.8, 4) is 0 Å². The van der Waals surface area contributed by atoms with Crippen LogP contribution in [-0.2, 0) is 14.8 Å². The van der Waals surface area contributed by atoms with Crippen molar-refractivity contribution in [1.82, 2.24) is 4.98 Å². The van der Waals surface area contributed by atoms with E-state index in [0.29, 0.717) is 16.9 Å². The average molecular weight is 411 g/mol.